The van der Waals surface area contributed by atoms with E-state index >= 15 is 0 Å². The van der Waals surface area contributed by atoms with Gasteiger partial charge in [0.2, 0.25) is 0 Å². The van der Waals surface area contributed by atoms with Crippen molar-refractivity contribution in [2.24, 2.45) is 5.41 Å². The average molecular weight is 605 g/mol. The molecule has 10 heteroatoms. The molecule has 1 N–H and O–H groups in total. The number of rotatable bonds is 29. The van der Waals surface area contributed by atoms with Crippen molar-refractivity contribution in [2.45, 2.75) is 46.5 Å². The van der Waals surface area contributed by atoms with Crippen LogP contribution in [0.25, 0.3) is 0 Å². The minimum Gasteiger partial charge on any atom is -0.491 e. The van der Waals surface area contributed by atoms with E-state index in [1.54, 1.807) is 0 Å². The van der Waals surface area contributed by atoms with E-state index in [4.69, 9.17) is 47.7 Å². The van der Waals surface area contributed by atoms with E-state index in [1.165, 1.54) is 5.56 Å². The standard InChI is InChI=1S/C32H58O10/c1-31(2,3)28-32(4,5)29-6-8-30(9-7-29)42-27-26-41-25-24-40-23-22-39-21-20-38-19-18-37-17-16-36-15-14-35-13-12-34-11-10-33/h6-9,33H,10-28H2,1-5H3/i26+2. The normalized spacial score (nSPS) is 12.2. The van der Waals surface area contributed by atoms with Crippen LogP contribution in [0, 0.1) is 5.41 Å². The van der Waals surface area contributed by atoms with Gasteiger partial charge < -0.3 is 47.7 Å². The summed E-state index contributed by atoms with van der Waals surface area (Å²) < 4.78 is 49.2. The zero-order valence-electron chi connectivity index (χ0n) is 26.9. The van der Waals surface area contributed by atoms with Crippen molar-refractivity contribution in [3.63, 3.8) is 0 Å². The van der Waals surface area contributed by atoms with E-state index in [2.05, 4.69) is 46.8 Å². The molecule has 0 aliphatic heterocycles. The van der Waals surface area contributed by atoms with Gasteiger partial charge in [0, 0.05) is 0 Å². The molecular weight excluding hydrogens is 546 g/mol. The van der Waals surface area contributed by atoms with Gasteiger partial charge in [0.25, 0.3) is 0 Å². The van der Waals surface area contributed by atoms with Crippen LogP contribution in [0.5, 0.6) is 5.75 Å². The Hall–Kier alpha value is -1.34. The monoisotopic (exact) mass is 604 g/mol. The lowest BCUT2D eigenvalue weighted by Gasteiger charge is -2.33. The Morgan fingerprint density at radius 2 is 0.929 bits per heavy atom. The predicted molar refractivity (Wildman–Crippen MR) is 163 cm³/mol. The smallest absolute Gasteiger partial charge is 0.119 e. The number of aliphatic hydroxyl groups excluding tert-OH is 1. The van der Waals surface area contributed by atoms with Crippen molar-refractivity contribution < 1.29 is 47.7 Å². The van der Waals surface area contributed by atoms with Crippen LogP contribution in [0.2, 0.25) is 0 Å². The quantitative estimate of drug-likeness (QED) is 0.135. The number of ether oxygens (including phenoxy) is 9. The van der Waals surface area contributed by atoms with Crippen molar-refractivity contribution in [1.82, 2.24) is 0 Å². The highest BCUT2D eigenvalue weighted by Gasteiger charge is 2.27. The summed E-state index contributed by atoms with van der Waals surface area (Å²) in [5.74, 6) is 0.861. The average Bonchev–Trinajstić information content (AvgIpc) is 2.94. The summed E-state index contributed by atoms with van der Waals surface area (Å²) in [6.45, 7) is 20.0. The lowest BCUT2D eigenvalue weighted by molar-refractivity contribution is -0.0242. The van der Waals surface area contributed by atoms with E-state index in [0.717, 1.165) is 12.2 Å². The fourth-order valence-electron chi connectivity index (χ4n) is 4.35. The van der Waals surface area contributed by atoms with Gasteiger partial charge in [-0.1, -0.05) is 46.8 Å². The Labute approximate surface area is 254 Å². The molecule has 0 saturated heterocycles. The van der Waals surface area contributed by atoms with Gasteiger partial charge in [-0.2, -0.15) is 0 Å². The first-order valence-corrected chi connectivity index (χ1v) is 15.2. The molecule has 0 saturated carbocycles. The topological polar surface area (TPSA) is 103 Å². The second-order valence-electron chi connectivity index (χ2n) is 11.6. The molecule has 10 nitrogen and oxygen atoms in total. The fourth-order valence-corrected chi connectivity index (χ4v) is 4.35. The van der Waals surface area contributed by atoms with Crippen LogP contribution in [-0.4, -0.2) is 124 Å². The zero-order chi connectivity index (χ0) is 30.8. The molecule has 1 aromatic carbocycles. The molecule has 0 aliphatic rings. The molecule has 246 valence electrons. The third-order valence-electron chi connectivity index (χ3n) is 5.94. The maximum Gasteiger partial charge on any atom is 0.119 e. The van der Waals surface area contributed by atoms with Crippen molar-refractivity contribution in [3.8, 4) is 5.75 Å². The summed E-state index contributed by atoms with van der Waals surface area (Å²) >= 11 is 0. The Morgan fingerprint density at radius 3 is 1.31 bits per heavy atom. The minimum atomic E-state index is 0.0285. The van der Waals surface area contributed by atoms with Crippen LogP contribution in [0.1, 0.15) is 46.6 Å². The Kier molecular flexibility index (Phi) is 23.1. The highest BCUT2D eigenvalue weighted by molar-refractivity contribution is 5.31. The van der Waals surface area contributed by atoms with Crippen molar-refractivity contribution in [3.05, 3.63) is 29.8 Å². The molecule has 0 aliphatic carbocycles. The molecule has 0 unspecified atom stereocenters. The van der Waals surface area contributed by atoms with Crippen LogP contribution in [0.4, 0.5) is 0 Å². The van der Waals surface area contributed by atoms with Crippen LogP contribution in [0.3, 0.4) is 0 Å². The van der Waals surface area contributed by atoms with E-state index in [9.17, 15) is 0 Å². The summed E-state index contributed by atoms with van der Waals surface area (Å²) in [4.78, 5) is 0. The van der Waals surface area contributed by atoms with E-state index in [-0.39, 0.29) is 17.4 Å². The number of benzene rings is 1. The first-order valence-electron chi connectivity index (χ1n) is 15.2. The molecule has 0 spiro atoms. The van der Waals surface area contributed by atoms with Gasteiger partial charge in [-0.25, -0.2) is 0 Å². The van der Waals surface area contributed by atoms with Gasteiger partial charge in [0.15, 0.2) is 0 Å². The fraction of sp³-hybridized carbons (Fsp3) is 0.812. The highest BCUT2D eigenvalue weighted by atomic mass is 16.7. The number of hydrogen-bond acceptors (Lipinski definition) is 10. The lowest BCUT2D eigenvalue weighted by Crippen LogP contribution is -2.24. The third kappa shape index (κ3) is 23.2. The summed E-state index contributed by atoms with van der Waals surface area (Å²) in [5.41, 5.74) is 1.74. The summed E-state index contributed by atoms with van der Waals surface area (Å²) in [5, 5.41) is 8.58. The first-order chi connectivity index (χ1) is 20.2. The van der Waals surface area contributed by atoms with Gasteiger partial charge in [0.1, 0.15) is 12.4 Å². The van der Waals surface area contributed by atoms with Gasteiger partial charge in [-0.15, -0.1) is 0 Å². The Morgan fingerprint density at radius 1 is 0.548 bits per heavy atom. The molecule has 1 aromatic rings. The largest absolute Gasteiger partial charge is 0.491 e. The molecule has 1 rings (SSSR count). The van der Waals surface area contributed by atoms with Crippen molar-refractivity contribution in [1.29, 1.82) is 0 Å². The van der Waals surface area contributed by atoms with Gasteiger partial charge in [-0.05, 0) is 34.9 Å². The van der Waals surface area contributed by atoms with E-state index in [1.807, 2.05) is 12.1 Å². The SMILES string of the molecule is CC(C)(C)CC(C)(C)c1ccc(OC[14CH2]OCCOCCOCCOCCOCCOCCOCCOCCO)cc1. The second kappa shape index (κ2) is 25.0. The van der Waals surface area contributed by atoms with Gasteiger partial charge in [-0.3, -0.25) is 0 Å². The van der Waals surface area contributed by atoms with E-state index in [0.29, 0.717) is 112 Å². The molecule has 0 bridgehead atoms. The maximum absolute atomic E-state index is 8.58. The van der Waals surface area contributed by atoms with Crippen molar-refractivity contribution >= 4 is 0 Å². The zero-order valence-corrected chi connectivity index (χ0v) is 26.9. The van der Waals surface area contributed by atoms with Gasteiger partial charge in [0.05, 0.1) is 112 Å². The maximum atomic E-state index is 8.58. The first kappa shape index (κ1) is 38.7. The predicted octanol–water partition coefficient (Wildman–Crippen LogP) is 3.90. The lowest BCUT2D eigenvalue weighted by atomic mass is 9.72. The van der Waals surface area contributed by atoms with Crippen LogP contribution >= 0.6 is 0 Å². The summed E-state index contributed by atoms with van der Waals surface area (Å²) in [6, 6.07) is 8.41. The molecule has 0 atom stereocenters. The molecule has 0 fully saturated rings. The number of hydrogen-bond donors (Lipinski definition) is 1. The second-order valence-corrected chi connectivity index (χ2v) is 11.6. The third-order valence-corrected chi connectivity index (χ3v) is 5.94. The highest BCUT2D eigenvalue weighted by Crippen LogP contribution is 2.36. The summed E-state index contributed by atoms with van der Waals surface area (Å²) in [6.07, 6.45) is 1.12. The molecule has 0 radical (unpaired) electrons. The summed E-state index contributed by atoms with van der Waals surface area (Å²) in [7, 11) is 0. The Balaban J connectivity index is 1.80. The van der Waals surface area contributed by atoms with Crippen molar-refractivity contribution in [2.75, 3.05) is 119 Å². The Bertz CT molecular complexity index is 721. The molecular formula is C32H58O10. The van der Waals surface area contributed by atoms with Crippen LogP contribution < -0.4 is 4.74 Å². The number of aliphatic hydroxyl groups is 1. The molecule has 0 aromatic heterocycles. The molecule has 42 heavy (non-hydrogen) atoms. The van der Waals surface area contributed by atoms with Crippen LogP contribution in [0.15, 0.2) is 24.3 Å². The minimum absolute atomic E-state index is 0.0285. The molecule has 0 amide bonds. The molecule has 0 heterocycles. The van der Waals surface area contributed by atoms with Gasteiger partial charge >= 0.3 is 0 Å². The van der Waals surface area contributed by atoms with E-state index < -0.39 is 0 Å². The van der Waals surface area contributed by atoms with Crippen LogP contribution in [-0.2, 0) is 43.3 Å².